The number of anilines is 1. The van der Waals surface area contributed by atoms with Crippen LogP contribution < -0.4 is 11.5 Å². The fraction of sp³-hybridized carbons (Fsp3) is 0.571. The van der Waals surface area contributed by atoms with E-state index in [1.54, 1.807) is 0 Å². The number of hydrogen-bond acceptors (Lipinski definition) is 10. The molecular weight excluding hydrogens is 444 g/mol. The van der Waals surface area contributed by atoms with E-state index in [0.717, 1.165) is 0 Å². The van der Waals surface area contributed by atoms with Crippen LogP contribution >= 0.6 is 27.7 Å². The average Bonchev–Trinajstić information content (AvgIpc) is 3.14. The predicted octanol–water partition coefficient (Wildman–Crippen LogP) is -0.675. The van der Waals surface area contributed by atoms with Crippen LogP contribution in [0.2, 0.25) is 0 Å². The second-order valence-corrected chi connectivity index (χ2v) is 7.92. The minimum absolute atomic E-state index is 0.181. The summed E-state index contributed by atoms with van der Waals surface area (Å²) in [5.74, 6) is -0.0109. The van der Waals surface area contributed by atoms with E-state index in [1.807, 2.05) is 0 Å². The smallest absolute Gasteiger partial charge is 0.320 e. The molecule has 0 amide bonds. The monoisotopic (exact) mass is 462 g/mol. The van der Waals surface area contributed by atoms with Crippen LogP contribution in [0.15, 0.2) is 11.1 Å². The molecule has 1 fully saturated rings. The quantitative estimate of drug-likeness (QED) is 0.259. The molecule has 0 aromatic carbocycles. The van der Waals surface area contributed by atoms with Crippen molar-refractivity contribution in [2.45, 2.75) is 37.0 Å². The molecular formula is C14H19BrN6O5S. The van der Waals surface area contributed by atoms with Gasteiger partial charge in [0.15, 0.2) is 17.7 Å². The Labute approximate surface area is 166 Å². The number of aliphatic carboxylic acids is 1. The lowest BCUT2D eigenvalue weighted by atomic mass is 10.1. The highest BCUT2D eigenvalue weighted by Gasteiger charge is 2.44. The zero-order chi connectivity index (χ0) is 19.7. The first-order chi connectivity index (χ1) is 12.8. The number of carboxylic acid groups (broad SMARTS) is 1. The third kappa shape index (κ3) is 4.17. The molecule has 13 heteroatoms. The van der Waals surface area contributed by atoms with Crippen molar-refractivity contribution in [2.24, 2.45) is 5.73 Å². The molecule has 2 aromatic heterocycles. The maximum atomic E-state index is 10.7. The Kier molecular flexibility index (Phi) is 6.18. The van der Waals surface area contributed by atoms with Gasteiger partial charge in [0, 0.05) is 5.75 Å². The van der Waals surface area contributed by atoms with E-state index >= 15 is 0 Å². The lowest BCUT2D eigenvalue weighted by Crippen LogP contribution is -2.33. The molecule has 2 aromatic rings. The fourth-order valence-electron chi connectivity index (χ4n) is 2.73. The second kappa shape index (κ2) is 8.24. The highest BCUT2D eigenvalue weighted by Crippen LogP contribution is 2.33. The van der Waals surface area contributed by atoms with E-state index in [9.17, 15) is 15.0 Å². The van der Waals surface area contributed by atoms with E-state index in [2.05, 4.69) is 30.9 Å². The number of hydrogen-bond donors (Lipinski definition) is 5. The molecule has 27 heavy (non-hydrogen) atoms. The third-order valence-electron chi connectivity index (χ3n) is 4.20. The Bertz CT molecular complexity index is 838. The third-order valence-corrected chi connectivity index (χ3v) is 5.65. The Morgan fingerprint density at radius 1 is 1.41 bits per heavy atom. The van der Waals surface area contributed by atoms with Crippen LogP contribution in [-0.4, -0.2) is 76.7 Å². The van der Waals surface area contributed by atoms with Crippen LogP contribution in [0.4, 0.5) is 5.82 Å². The first-order valence-electron chi connectivity index (χ1n) is 8.03. The molecule has 1 saturated heterocycles. The topological polar surface area (TPSA) is 183 Å². The molecule has 148 valence electrons. The predicted molar refractivity (Wildman–Crippen MR) is 101 cm³/mol. The van der Waals surface area contributed by atoms with Crippen LogP contribution in [0.1, 0.15) is 12.6 Å². The van der Waals surface area contributed by atoms with Gasteiger partial charge in [0.05, 0.1) is 12.4 Å². The first kappa shape index (κ1) is 20.2. The highest BCUT2D eigenvalue weighted by molar-refractivity contribution is 9.10. The minimum Gasteiger partial charge on any atom is -0.480 e. The van der Waals surface area contributed by atoms with Crippen molar-refractivity contribution in [1.82, 2.24) is 19.5 Å². The molecule has 11 nitrogen and oxygen atoms in total. The summed E-state index contributed by atoms with van der Waals surface area (Å²) >= 11 is 4.55. The van der Waals surface area contributed by atoms with Crippen molar-refractivity contribution in [3.63, 3.8) is 0 Å². The van der Waals surface area contributed by atoms with Crippen molar-refractivity contribution in [3.8, 4) is 0 Å². The summed E-state index contributed by atoms with van der Waals surface area (Å²) in [6.45, 7) is 0. The molecule has 1 unspecified atom stereocenters. The summed E-state index contributed by atoms with van der Waals surface area (Å²) in [4.78, 5) is 23.0. The summed E-state index contributed by atoms with van der Waals surface area (Å²) < 4.78 is 7.58. The Hall–Kier alpha value is -1.51. The van der Waals surface area contributed by atoms with Crippen molar-refractivity contribution < 1.29 is 24.9 Å². The molecule has 7 N–H and O–H groups in total. The van der Waals surface area contributed by atoms with E-state index in [4.69, 9.17) is 21.3 Å². The van der Waals surface area contributed by atoms with Gasteiger partial charge in [-0.1, -0.05) is 0 Å². The molecule has 0 bridgehead atoms. The average molecular weight is 463 g/mol. The summed E-state index contributed by atoms with van der Waals surface area (Å²) in [6.07, 6.45) is -2.12. The lowest BCUT2D eigenvalue weighted by Gasteiger charge is -2.16. The molecule has 0 radical (unpaired) electrons. The Morgan fingerprint density at radius 2 is 2.15 bits per heavy atom. The van der Waals surface area contributed by atoms with Crippen molar-refractivity contribution >= 4 is 50.6 Å². The van der Waals surface area contributed by atoms with Gasteiger partial charge >= 0.3 is 5.97 Å². The number of aliphatic hydroxyl groups is 2. The van der Waals surface area contributed by atoms with Crippen molar-refractivity contribution in [2.75, 3.05) is 17.2 Å². The SMILES string of the molecule is Nc1nc(Br)nc2c1ncn2[C@@H]1O[C@H](CSCCC(N)C(=O)O)[C@@H](O)[C@H]1O. The van der Waals surface area contributed by atoms with Gasteiger partial charge < -0.3 is 31.5 Å². The van der Waals surface area contributed by atoms with Gasteiger partial charge in [-0.05, 0) is 28.1 Å². The Balaban J connectivity index is 1.68. The molecule has 3 heterocycles. The number of imidazole rings is 1. The zero-order valence-corrected chi connectivity index (χ0v) is 16.4. The standard InChI is InChI=1S/C14H19BrN6O5S/c15-14-19-10(17)7-11(20-14)21(4-18-7)12-9(23)8(22)6(26-12)3-27-2-1-5(16)13(24)25/h4-6,8-9,12,22-23H,1-3,16H2,(H,24,25)(H2,17,19,20)/t5?,6-,8-,9-,12-/m1/s1. The molecule has 1 aliphatic heterocycles. The minimum atomic E-state index is -1.19. The molecule has 0 spiro atoms. The van der Waals surface area contributed by atoms with E-state index in [1.165, 1.54) is 22.7 Å². The largest absolute Gasteiger partial charge is 0.480 e. The van der Waals surface area contributed by atoms with Crippen molar-refractivity contribution in [3.05, 3.63) is 11.1 Å². The summed E-state index contributed by atoms with van der Waals surface area (Å²) in [5.41, 5.74) is 12.0. The molecule has 1 aliphatic rings. The maximum absolute atomic E-state index is 10.7. The number of carboxylic acids is 1. The van der Waals surface area contributed by atoms with Crippen LogP contribution in [0.3, 0.4) is 0 Å². The number of ether oxygens (including phenoxy) is 1. The van der Waals surface area contributed by atoms with Gasteiger partial charge in [-0.25, -0.2) is 15.0 Å². The van der Waals surface area contributed by atoms with Crippen LogP contribution in [0.25, 0.3) is 11.2 Å². The second-order valence-electron chi connectivity index (χ2n) is 6.06. The molecule has 5 atom stereocenters. The zero-order valence-electron chi connectivity index (χ0n) is 14.0. The number of aliphatic hydroxyl groups excluding tert-OH is 2. The number of thioether (sulfide) groups is 1. The number of rotatable bonds is 7. The van der Waals surface area contributed by atoms with Gasteiger partial charge in [-0.2, -0.15) is 11.8 Å². The van der Waals surface area contributed by atoms with Crippen molar-refractivity contribution in [1.29, 1.82) is 0 Å². The number of aromatic nitrogens is 4. The highest BCUT2D eigenvalue weighted by atomic mass is 79.9. The molecule has 3 rings (SSSR count). The van der Waals surface area contributed by atoms with Gasteiger partial charge in [-0.3, -0.25) is 9.36 Å². The number of halogens is 1. The van der Waals surface area contributed by atoms with Gasteiger partial charge in [0.1, 0.15) is 23.8 Å². The maximum Gasteiger partial charge on any atom is 0.320 e. The Morgan fingerprint density at radius 3 is 2.85 bits per heavy atom. The number of nitrogens with zero attached hydrogens (tertiary/aromatic N) is 4. The fourth-order valence-corrected chi connectivity index (χ4v) is 4.18. The van der Waals surface area contributed by atoms with E-state index < -0.39 is 36.6 Å². The number of nitrogen functional groups attached to an aromatic ring is 1. The first-order valence-corrected chi connectivity index (χ1v) is 9.97. The summed E-state index contributed by atoms with van der Waals surface area (Å²) in [5, 5.41) is 29.5. The van der Waals surface area contributed by atoms with E-state index in [-0.39, 0.29) is 10.6 Å². The number of fused-ring (bicyclic) bond motifs is 1. The van der Waals surface area contributed by atoms with Crippen LogP contribution in [-0.2, 0) is 9.53 Å². The van der Waals surface area contributed by atoms with Crippen LogP contribution in [0.5, 0.6) is 0 Å². The normalized spacial score (nSPS) is 26.5. The summed E-state index contributed by atoms with van der Waals surface area (Å²) in [7, 11) is 0. The molecule has 0 saturated carbocycles. The molecule has 0 aliphatic carbocycles. The van der Waals surface area contributed by atoms with Gasteiger partial charge in [-0.15, -0.1) is 0 Å². The summed E-state index contributed by atoms with van der Waals surface area (Å²) in [6, 6.07) is -0.925. The van der Waals surface area contributed by atoms with Crippen LogP contribution in [0, 0.1) is 0 Å². The number of carbonyl (C=O) groups is 1. The van der Waals surface area contributed by atoms with Gasteiger partial charge in [0.25, 0.3) is 0 Å². The number of nitrogens with two attached hydrogens (primary N) is 2. The lowest BCUT2D eigenvalue weighted by molar-refractivity contribution is -0.138. The van der Waals surface area contributed by atoms with Gasteiger partial charge in [0.2, 0.25) is 4.73 Å². The van der Waals surface area contributed by atoms with E-state index in [0.29, 0.717) is 29.1 Å².